The Hall–Kier alpha value is -1.06. The number of aliphatic hydroxyl groups is 1. The number of nitrogens with zero attached hydrogens (tertiary/aromatic N) is 1. The van der Waals surface area contributed by atoms with Crippen LogP contribution in [0.1, 0.15) is 31.4 Å². The second-order valence-electron chi connectivity index (χ2n) is 6.05. The van der Waals surface area contributed by atoms with Gasteiger partial charge in [0.25, 0.3) is 0 Å². The predicted octanol–water partition coefficient (Wildman–Crippen LogP) is 2.18. The third-order valence-electron chi connectivity index (χ3n) is 3.72. The number of rotatable bonds is 6. The Morgan fingerprint density at radius 2 is 2.16 bits per heavy atom. The summed E-state index contributed by atoms with van der Waals surface area (Å²) < 4.78 is 0. The van der Waals surface area contributed by atoms with Crippen LogP contribution in [0.5, 0.6) is 0 Å². The number of hydrogen-bond acceptors (Lipinski definition) is 3. The second kappa shape index (κ2) is 6.40. The maximum atomic E-state index is 9.82. The van der Waals surface area contributed by atoms with Gasteiger partial charge in [0.2, 0.25) is 0 Å². The minimum atomic E-state index is -0.236. The summed E-state index contributed by atoms with van der Waals surface area (Å²) >= 11 is 0. The Kier molecular flexibility index (Phi) is 4.83. The van der Waals surface area contributed by atoms with Crippen LogP contribution >= 0.6 is 0 Å². The van der Waals surface area contributed by atoms with Gasteiger partial charge in [-0.05, 0) is 36.0 Å². The summed E-state index contributed by atoms with van der Waals surface area (Å²) in [7, 11) is 2.14. The largest absolute Gasteiger partial charge is 0.392 e. The van der Waals surface area contributed by atoms with E-state index in [2.05, 4.69) is 49.3 Å². The van der Waals surface area contributed by atoms with Gasteiger partial charge >= 0.3 is 0 Å². The molecule has 0 amide bonds. The second-order valence-corrected chi connectivity index (χ2v) is 6.05. The molecular weight excluding hydrogens is 236 g/mol. The van der Waals surface area contributed by atoms with Crippen molar-refractivity contribution in [1.29, 1.82) is 0 Å². The molecule has 0 saturated carbocycles. The third kappa shape index (κ3) is 3.95. The van der Waals surface area contributed by atoms with Crippen molar-refractivity contribution in [2.24, 2.45) is 5.92 Å². The first kappa shape index (κ1) is 14.4. The molecule has 0 bridgehead atoms. The van der Waals surface area contributed by atoms with Crippen LogP contribution in [-0.4, -0.2) is 31.3 Å². The number of aliphatic hydroxyl groups excluding tert-OH is 1. The molecule has 0 radical (unpaired) electrons. The van der Waals surface area contributed by atoms with Crippen LogP contribution < -0.4 is 10.2 Å². The van der Waals surface area contributed by atoms with Gasteiger partial charge in [-0.3, -0.25) is 0 Å². The first-order valence-electron chi connectivity index (χ1n) is 7.28. The molecule has 0 fully saturated rings. The van der Waals surface area contributed by atoms with Crippen LogP contribution in [-0.2, 0) is 13.0 Å². The molecule has 1 aromatic rings. The van der Waals surface area contributed by atoms with Crippen LogP contribution in [0.4, 0.5) is 5.69 Å². The number of likely N-dealkylation sites (N-methyl/N-ethyl adjacent to an activating group) is 1. The lowest BCUT2D eigenvalue weighted by atomic mass is 10.1. The van der Waals surface area contributed by atoms with Gasteiger partial charge < -0.3 is 15.3 Å². The van der Waals surface area contributed by atoms with Crippen molar-refractivity contribution < 1.29 is 5.11 Å². The highest BCUT2D eigenvalue weighted by atomic mass is 16.3. The predicted molar refractivity (Wildman–Crippen MR) is 80.6 cm³/mol. The first-order chi connectivity index (χ1) is 9.06. The highest BCUT2D eigenvalue weighted by molar-refractivity contribution is 5.58. The summed E-state index contributed by atoms with van der Waals surface area (Å²) in [5.74, 6) is 0.548. The maximum Gasteiger partial charge on any atom is 0.0667 e. The van der Waals surface area contributed by atoms with E-state index < -0.39 is 0 Å². The molecule has 0 spiro atoms. The molecule has 1 aliphatic heterocycles. The highest BCUT2D eigenvalue weighted by Gasteiger charge is 2.15. The van der Waals surface area contributed by atoms with Crippen molar-refractivity contribution in [3.8, 4) is 0 Å². The number of anilines is 1. The Morgan fingerprint density at radius 1 is 1.37 bits per heavy atom. The van der Waals surface area contributed by atoms with Crippen molar-refractivity contribution in [3.05, 3.63) is 29.3 Å². The minimum Gasteiger partial charge on any atom is -0.392 e. The Morgan fingerprint density at radius 3 is 2.89 bits per heavy atom. The van der Waals surface area contributed by atoms with E-state index in [1.807, 2.05) is 0 Å². The van der Waals surface area contributed by atoms with E-state index in [0.717, 1.165) is 25.9 Å². The summed E-state index contributed by atoms with van der Waals surface area (Å²) in [6, 6.07) is 6.69. The van der Waals surface area contributed by atoms with Gasteiger partial charge in [0.1, 0.15) is 0 Å². The van der Waals surface area contributed by atoms with E-state index in [0.29, 0.717) is 12.5 Å². The zero-order valence-corrected chi connectivity index (χ0v) is 12.3. The number of hydrogen-bond donors (Lipinski definition) is 2. The van der Waals surface area contributed by atoms with Gasteiger partial charge in [-0.15, -0.1) is 0 Å². The van der Waals surface area contributed by atoms with Gasteiger partial charge in [-0.25, -0.2) is 0 Å². The van der Waals surface area contributed by atoms with E-state index in [-0.39, 0.29) is 6.10 Å². The highest BCUT2D eigenvalue weighted by Crippen LogP contribution is 2.27. The van der Waals surface area contributed by atoms with Crippen molar-refractivity contribution in [2.45, 2.75) is 39.3 Å². The lowest BCUT2D eigenvalue weighted by Crippen LogP contribution is -2.27. The fourth-order valence-corrected chi connectivity index (χ4v) is 2.74. The zero-order valence-electron chi connectivity index (χ0n) is 12.3. The van der Waals surface area contributed by atoms with Crippen LogP contribution in [0.2, 0.25) is 0 Å². The van der Waals surface area contributed by atoms with E-state index >= 15 is 0 Å². The average Bonchev–Trinajstić information content (AvgIpc) is 2.70. The standard InChI is InChI=1S/C16H26N2O/c1-12(2)8-15(19)11-17-10-13-4-5-16-14(9-13)6-7-18(16)3/h4-5,9,12,15,17,19H,6-8,10-11H2,1-3H3. The molecule has 1 heterocycles. The molecule has 0 aromatic heterocycles. The Balaban J connectivity index is 1.81. The van der Waals surface area contributed by atoms with Crippen LogP contribution in [0.3, 0.4) is 0 Å². The summed E-state index contributed by atoms with van der Waals surface area (Å²) in [6.45, 7) is 6.92. The molecule has 3 heteroatoms. The minimum absolute atomic E-state index is 0.236. The molecule has 3 nitrogen and oxygen atoms in total. The lowest BCUT2D eigenvalue weighted by molar-refractivity contribution is 0.146. The molecule has 1 aliphatic rings. The quantitative estimate of drug-likeness (QED) is 0.825. The summed E-state index contributed by atoms with van der Waals surface area (Å²) in [5.41, 5.74) is 4.12. The third-order valence-corrected chi connectivity index (χ3v) is 3.72. The monoisotopic (exact) mass is 262 g/mol. The van der Waals surface area contributed by atoms with Gasteiger partial charge in [0, 0.05) is 32.4 Å². The first-order valence-corrected chi connectivity index (χ1v) is 7.28. The molecule has 1 atom stereocenters. The van der Waals surface area contributed by atoms with Crippen molar-refractivity contribution >= 4 is 5.69 Å². The molecule has 106 valence electrons. The van der Waals surface area contributed by atoms with E-state index in [1.165, 1.54) is 16.8 Å². The summed E-state index contributed by atoms with van der Waals surface area (Å²) in [6.07, 6.45) is 1.78. The maximum absolute atomic E-state index is 9.82. The molecule has 2 rings (SSSR count). The molecule has 19 heavy (non-hydrogen) atoms. The van der Waals surface area contributed by atoms with E-state index in [9.17, 15) is 5.11 Å². The molecule has 1 unspecified atom stereocenters. The zero-order chi connectivity index (χ0) is 13.8. The normalized spacial score (nSPS) is 15.9. The SMILES string of the molecule is CC(C)CC(O)CNCc1ccc2c(c1)CCN2C. The molecule has 0 saturated heterocycles. The fourth-order valence-electron chi connectivity index (χ4n) is 2.74. The number of benzene rings is 1. The molecule has 0 aliphatic carbocycles. The average molecular weight is 262 g/mol. The van der Waals surface area contributed by atoms with Gasteiger partial charge in [0.15, 0.2) is 0 Å². The van der Waals surface area contributed by atoms with Gasteiger partial charge in [-0.2, -0.15) is 0 Å². The van der Waals surface area contributed by atoms with Crippen LogP contribution in [0.15, 0.2) is 18.2 Å². The van der Waals surface area contributed by atoms with Gasteiger partial charge in [-0.1, -0.05) is 26.0 Å². The van der Waals surface area contributed by atoms with Crippen LogP contribution in [0.25, 0.3) is 0 Å². The molecular formula is C16H26N2O. The van der Waals surface area contributed by atoms with Crippen molar-refractivity contribution in [2.75, 3.05) is 25.0 Å². The van der Waals surface area contributed by atoms with E-state index in [1.54, 1.807) is 0 Å². The smallest absolute Gasteiger partial charge is 0.0667 e. The molecule has 2 N–H and O–H groups in total. The number of nitrogens with one attached hydrogen (secondary N) is 1. The topological polar surface area (TPSA) is 35.5 Å². The van der Waals surface area contributed by atoms with Crippen molar-refractivity contribution in [1.82, 2.24) is 5.32 Å². The van der Waals surface area contributed by atoms with Crippen molar-refractivity contribution in [3.63, 3.8) is 0 Å². The van der Waals surface area contributed by atoms with Gasteiger partial charge in [0.05, 0.1) is 6.10 Å². The van der Waals surface area contributed by atoms with Crippen LogP contribution in [0, 0.1) is 5.92 Å². The molecule has 1 aromatic carbocycles. The summed E-state index contributed by atoms with van der Waals surface area (Å²) in [4.78, 5) is 2.30. The Bertz CT molecular complexity index is 417. The number of fused-ring (bicyclic) bond motifs is 1. The van der Waals surface area contributed by atoms with E-state index in [4.69, 9.17) is 0 Å². The fraction of sp³-hybridized carbons (Fsp3) is 0.625. The Labute approximate surface area is 116 Å². The lowest BCUT2D eigenvalue weighted by Gasteiger charge is -2.15. The summed E-state index contributed by atoms with van der Waals surface area (Å²) in [5, 5.41) is 13.2.